The molecular weight excluding hydrogens is 400 g/mol. The van der Waals surface area contributed by atoms with Gasteiger partial charge in [0.05, 0.1) is 23.4 Å². The lowest BCUT2D eigenvalue weighted by Crippen LogP contribution is -2.41. The van der Waals surface area contributed by atoms with Crippen molar-refractivity contribution in [2.24, 2.45) is 23.2 Å². The van der Waals surface area contributed by atoms with Crippen LogP contribution in [0.4, 0.5) is 0 Å². The van der Waals surface area contributed by atoms with E-state index in [1.807, 2.05) is 6.92 Å². The lowest BCUT2D eigenvalue weighted by Gasteiger charge is -2.45. The van der Waals surface area contributed by atoms with Crippen molar-refractivity contribution in [3.05, 3.63) is 35.5 Å². The Balaban J connectivity index is 1.75. The molecular formula is C28H46O4. The van der Waals surface area contributed by atoms with Gasteiger partial charge in [-0.1, -0.05) is 38.2 Å². The minimum atomic E-state index is -0.871. The second kappa shape index (κ2) is 9.37. The minimum absolute atomic E-state index is 0.232. The molecule has 3 aliphatic carbocycles. The quantitative estimate of drug-likeness (QED) is 0.459. The van der Waals surface area contributed by atoms with Crippen LogP contribution in [0.3, 0.4) is 0 Å². The van der Waals surface area contributed by atoms with E-state index in [2.05, 4.69) is 32.6 Å². The first-order valence-corrected chi connectivity index (χ1v) is 12.6. The molecule has 3 aliphatic rings. The highest BCUT2D eigenvalue weighted by Gasteiger charge is 2.51. The summed E-state index contributed by atoms with van der Waals surface area (Å²) in [6, 6.07) is 0. The van der Waals surface area contributed by atoms with Crippen LogP contribution >= 0.6 is 0 Å². The molecule has 0 spiro atoms. The van der Waals surface area contributed by atoms with E-state index in [1.165, 1.54) is 31.3 Å². The van der Waals surface area contributed by atoms with Gasteiger partial charge in [-0.05, 0) is 100 Å². The maximum absolute atomic E-state index is 11.0. The summed E-state index contributed by atoms with van der Waals surface area (Å²) >= 11 is 0. The Kier molecular flexibility index (Phi) is 7.52. The minimum Gasteiger partial charge on any atom is -0.393 e. The molecule has 0 aromatic rings. The molecule has 3 fully saturated rings. The Bertz CT molecular complexity index is 756. The molecule has 0 radical (unpaired) electrons. The standard InChI is InChI=1S/C28H46O4/c1-18(16-27(5,32)17-26(3,4)31)23-11-12-24-20(8-7-13-28(23,24)6)9-10-21-14-22(29)15-25(30)19(21)2/h9-10,18,22-25,29-32H,2,7-8,11-17H2,1,3-6H3/b20-9+,21-10+/t18-,22-,23-,24+,25+,27-,28-/m1/s1. The molecule has 182 valence electrons. The fraction of sp³-hybridized carbons (Fsp3) is 0.786. The number of fused-ring (bicyclic) bond motifs is 1. The largest absolute Gasteiger partial charge is 0.393 e. The number of hydrogen-bond donors (Lipinski definition) is 4. The fourth-order valence-electron chi connectivity index (χ4n) is 7.52. The van der Waals surface area contributed by atoms with Crippen molar-refractivity contribution in [2.45, 2.75) is 116 Å². The van der Waals surface area contributed by atoms with Crippen LogP contribution in [0.15, 0.2) is 35.5 Å². The van der Waals surface area contributed by atoms with Gasteiger partial charge in [0.15, 0.2) is 0 Å². The highest BCUT2D eigenvalue weighted by molar-refractivity contribution is 5.38. The fourth-order valence-corrected chi connectivity index (χ4v) is 7.52. The third-order valence-electron chi connectivity index (χ3n) is 8.56. The second-order valence-corrected chi connectivity index (χ2v) is 12.3. The van der Waals surface area contributed by atoms with Gasteiger partial charge in [-0.2, -0.15) is 0 Å². The van der Waals surface area contributed by atoms with E-state index >= 15 is 0 Å². The molecule has 32 heavy (non-hydrogen) atoms. The average Bonchev–Trinajstić information content (AvgIpc) is 2.98. The molecule has 4 heteroatoms. The molecule has 0 heterocycles. The van der Waals surface area contributed by atoms with Gasteiger partial charge in [-0.3, -0.25) is 0 Å². The van der Waals surface area contributed by atoms with E-state index in [4.69, 9.17) is 0 Å². The summed E-state index contributed by atoms with van der Waals surface area (Å²) in [5.41, 5.74) is 1.71. The zero-order chi connectivity index (χ0) is 23.9. The van der Waals surface area contributed by atoms with Crippen molar-refractivity contribution in [3.63, 3.8) is 0 Å². The van der Waals surface area contributed by atoms with Crippen molar-refractivity contribution in [3.8, 4) is 0 Å². The molecule has 0 unspecified atom stereocenters. The molecule has 0 aromatic carbocycles. The van der Waals surface area contributed by atoms with Crippen molar-refractivity contribution in [1.82, 2.24) is 0 Å². The lowest BCUT2D eigenvalue weighted by atomic mass is 9.60. The summed E-state index contributed by atoms with van der Waals surface area (Å²) in [4.78, 5) is 0. The van der Waals surface area contributed by atoms with Gasteiger partial charge in [-0.15, -0.1) is 0 Å². The SMILES string of the molecule is C=C1/C(=C/C=C2\CCC[C@]3(C)[C@@H]([C@H](C)C[C@@](C)(O)CC(C)(C)O)CC[C@@H]23)C[C@@H](O)C[C@@H]1O. The molecule has 4 N–H and O–H groups in total. The summed E-state index contributed by atoms with van der Waals surface area (Å²) in [5.74, 6) is 1.50. The lowest BCUT2D eigenvalue weighted by molar-refractivity contribution is -0.0566. The van der Waals surface area contributed by atoms with Crippen LogP contribution in [0.25, 0.3) is 0 Å². The van der Waals surface area contributed by atoms with Crippen LogP contribution in [0, 0.1) is 23.2 Å². The molecule has 0 aliphatic heterocycles. The van der Waals surface area contributed by atoms with Crippen LogP contribution in [0.1, 0.15) is 92.4 Å². The number of hydrogen-bond acceptors (Lipinski definition) is 4. The van der Waals surface area contributed by atoms with Gasteiger partial charge in [0, 0.05) is 12.8 Å². The smallest absolute Gasteiger partial charge is 0.0811 e. The first-order chi connectivity index (χ1) is 14.7. The summed E-state index contributed by atoms with van der Waals surface area (Å²) in [6.45, 7) is 14.2. The summed E-state index contributed by atoms with van der Waals surface area (Å²) < 4.78 is 0. The van der Waals surface area contributed by atoms with Crippen LogP contribution < -0.4 is 0 Å². The average molecular weight is 447 g/mol. The van der Waals surface area contributed by atoms with Crippen molar-refractivity contribution in [1.29, 1.82) is 0 Å². The van der Waals surface area contributed by atoms with Crippen LogP contribution in [0.5, 0.6) is 0 Å². The van der Waals surface area contributed by atoms with Crippen molar-refractivity contribution < 1.29 is 20.4 Å². The first-order valence-electron chi connectivity index (χ1n) is 12.6. The van der Waals surface area contributed by atoms with Gasteiger partial charge in [0.2, 0.25) is 0 Å². The Hall–Kier alpha value is -0.940. The maximum Gasteiger partial charge on any atom is 0.0811 e. The normalized spacial score (nSPS) is 39.2. The molecule has 7 atom stereocenters. The third kappa shape index (κ3) is 5.75. The number of rotatable bonds is 6. The summed E-state index contributed by atoms with van der Waals surface area (Å²) in [7, 11) is 0. The molecule has 3 rings (SSSR count). The number of allylic oxidation sites excluding steroid dienone is 3. The Morgan fingerprint density at radius 3 is 2.50 bits per heavy atom. The molecule has 4 nitrogen and oxygen atoms in total. The number of aliphatic hydroxyl groups excluding tert-OH is 2. The van der Waals surface area contributed by atoms with Gasteiger partial charge in [0.1, 0.15) is 0 Å². The van der Waals surface area contributed by atoms with Crippen LogP contribution in [-0.4, -0.2) is 43.8 Å². The first kappa shape index (κ1) is 25.7. The molecule has 0 aromatic heterocycles. The van der Waals surface area contributed by atoms with Crippen molar-refractivity contribution >= 4 is 0 Å². The Morgan fingerprint density at radius 1 is 1.16 bits per heavy atom. The summed E-state index contributed by atoms with van der Waals surface area (Å²) in [5, 5.41) is 41.4. The molecule has 0 amide bonds. The zero-order valence-corrected chi connectivity index (χ0v) is 20.9. The molecule has 0 bridgehead atoms. The Morgan fingerprint density at radius 2 is 1.84 bits per heavy atom. The Labute approximate surface area is 195 Å². The van der Waals surface area contributed by atoms with E-state index in [9.17, 15) is 20.4 Å². The van der Waals surface area contributed by atoms with E-state index in [-0.39, 0.29) is 5.41 Å². The highest BCUT2D eigenvalue weighted by atomic mass is 16.3. The van der Waals surface area contributed by atoms with Crippen molar-refractivity contribution in [2.75, 3.05) is 0 Å². The predicted molar refractivity (Wildman–Crippen MR) is 130 cm³/mol. The number of aliphatic hydroxyl groups is 4. The third-order valence-corrected chi connectivity index (χ3v) is 8.56. The van der Waals surface area contributed by atoms with E-state index in [0.29, 0.717) is 43.4 Å². The predicted octanol–water partition coefficient (Wildman–Crippen LogP) is 5.07. The second-order valence-electron chi connectivity index (χ2n) is 12.3. The topological polar surface area (TPSA) is 80.9 Å². The van der Waals surface area contributed by atoms with E-state index in [1.54, 1.807) is 13.8 Å². The zero-order valence-electron chi connectivity index (χ0n) is 20.9. The van der Waals surface area contributed by atoms with Gasteiger partial charge < -0.3 is 20.4 Å². The van der Waals surface area contributed by atoms with Gasteiger partial charge in [-0.25, -0.2) is 0 Å². The van der Waals surface area contributed by atoms with Crippen LogP contribution in [-0.2, 0) is 0 Å². The monoisotopic (exact) mass is 446 g/mol. The summed E-state index contributed by atoms with van der Waals surface area (Å²) in [6.07, 6.45) is 11.1. The molecule has 3 saturated carbocycles. The van der Waals surface area contributed by atoms with E-state index in [0.717, 1.165) is 17.6 Å². The van der Waals surface area contributed by atoms with E-state index < -0.39 is 23.4 Å². The van der Waals surface area contributed by atoms with Crippen LogP contribution in [0.2, 0.25) is 0 Å². The van der Waals surface area contributed by atoms with Gasteiger partial charge >= 0.3 is 0 Å². The molecule has 0 saturated heterocycles. The van der Waals surface area contributed by atoms with Gasteiger partial charge in [0.25, 0.3) is 0 Å². The maximum atomic E-state index is 11.0. The highest BCUT2D eigenvalue weighted by Crippen LogP contribution is 2.60.